The molecule has 0 aliphatic rings. The number of pyridine rings is 1. The van der Waals surface area contributed by atoms with Crippen molar-refractivity contribution in [3.8, 4) is 0 Å². The third kappa shape index (κ3) is 5.32. The van der Waals surface area contributed by atoms with Crippen LogP contribution < -0.4 is 4.73 Å². The Morgan fingerprint density at radius 1 is 1.45 bits per heavy atom. The van der Waals surface area contributed by atoms with Crippen molar-refractivity contribution in [3.05, 3.63) is 35.3 Å². The Bertz CT molecular complexity index is 189. The molecule has 0 aliphatic carbocycles. The van der Waals surface area contributed by atoms with Gasteiger partial charge in [-0.25, -0.2) is 0 Å². The summed E-state index contributed by atoms with van der Waals surface area (Å²) >= 11 is 0.382. The Balaban J connectivity index is 0.000000292. The molecule has 1 heterocycles. The fourth-order valence-electron chi connectivity index (χ4n) is 0.514. The average molecular weight is 239 g/mol. The molecule has 0 aliphatic heterocycles. The Hall–Kier alpha value is 0.0365. The van der Waals surface area contributed by atoms with E-state index in [9.17, 15) is 5.21 Å². The first-order valence-electron chi connectivity index (χ1n) is 2.71. The normalized spacial score (nSPS) is 8.64. The number of aromatic nitrogens is 1. The molecule has 0 atom stereocenters. The third-order valence-electron chi connectivity index (χ3n) is 1.02. The second-order valence-electron chi connectivity index (χ2n) is 1.72. The molecule has 0 spiro atoms. The molecule has 0 bridgehead atoms. The molecule has 1 aromatic heterocycles. The Morgan fingerprint density at radius 3 is 2.27 bits per heavy atom. The first kappa shape index (κ1) is 11.0. The predicted molar refractivity (Wildman–Crippen MR) is 41.8 cm³/mol. The fourth-order valence-corrected chi connectivity index (χ4v) is 0.514. The molecule has 0 N–H and O–H groups in total. The second kappa shape index (κ2) is 6.73. The van der Waals surface area contributed by atoms with Crippen molar-refractivity contribution in [1.82, 2.24) is 0 Å². The molecular weight excluding hydrogens is 232 g/mol. The zero-order valence-corrected chi connectivity index (χ0v) is 8.31. The van der Waals surface area contributed by atoms with E-state index in [1.165, 1.54) is 6.20 Å². The summed E-state index contributed by atoms with van der Waals surface area (Å²) in [5.41, 5.74) is 0.729. The van der Waals surface area contributed by atoms with Crippen LogP contribution in [0.5, 0.6) is 0 Å². The molecule has 0 radical (unpaired) electrons. The molecule has 0 fully saturated rings. The number of aryl methyl sites for hydroxylation is 1. The molecule has 11 heavy (non-hydrogen) atoms. The first-order chi connectivity index (χ1) is 5.22. The van der Waals surface area contributed by atoms with Crippen LogP contribution in [0, 0.1) is 12.1 Å². The van der Waals surface area contributed by atoms with E-state index in [1.54, 1.807) is 19.1 Å². The molecule has 65 valence electrons. The topological polar surface area (TPSA) is 26.9 Å². The van der Waals surface area contributed by atoms with Gasteiger partial charge in [-0.15, -0.1) is 0 Å². The fraction of sp³-hybridized carbons (Fsp3) is 0.167. The molecule has 0 aromatic carbocycles. The van der Waals surface area contributed by atoms with Gasteiger partial charge >= 0.3 is 33.2 Å². The van der Waals surface area contributed by atoms with Gasteiger partial charge < -0.3 is 5.21 Å². The van der Waals surface area contributed by atoms with Crippen molar-refractivity contribution >= 4 is 20.3 Å². The van der Waals surface area contributed by atoms with Crippen LogP contribution in [0.1, 0.15) is 5.69 Å². The molecule has 0 saturated heterocycles. The van der Waals surface area contributed by atoms with Crippen LogP contribution >= 0.6 is 20.3 Å². The zero-order chi connectivity index (χ0) is 8.69. The standard InChI is InChI=1S/C6H7NO.2ClH.Co/c1-6-4-2-3-5-7(6)8;;;/h2-5H,1H3;2*1H;/q;;;+2/p-2. The third-order valence-corrected chi connectivity index (χ3v) is 1.02. The van der Waals surface area contributed by atoms with Gasteiger partial charge in [-0.2, -0.15) is 4.73 Å². The monoisotopic (exact) mass is 238 g/mol. The van der Waals surface area contributed by atoms with Gasteiger partial charge in [-0.3, -0.25) is 0 Å². The average Bonchev–Trinajstić information content (AvgIpc) is 1.97. The van der Waals surface area contributed by atoms with E-state index >= 15 is 0 Å². The predicted octanol–water partition coefficient (Wildman–Crippen LogP) is 2.00. The summed E-state index contributed by atoms with van der Waals surface area (Å²) in [5.74, 6) is 0. The van der Waals surface area contributed by atoms with E-state index in [0.29, 0.717) is 12.9 Å². The zero-order valence-electron chi connectivity index (χ0n) is 5.75. The maximum atomic E-state index is 10.5. The SMILES string of the molecule is Cc1cccc[n+]1[O-].[Cl][Co][Cl]. The summed E-state index contributed by atoms with van der Waals surface area (Å²) in [6.45, 7) is 1.77. The molecule has 2 nitrogen and oxygen atoms in total. The van der Waals surface area contributed by atoms with E-state index in [2.05, 4.69) is 0 Å². The van der Waals surface area contributed by atoms with Crippen molar-refractivity contribution in [3.63, 3.8) is 0 Å². The van der Waals surface area contributed by atoms with Crippen molar-refractivity contribution in [1.29, 1.82) is 0 Å². The van der Waals surface area contributed by atoms with Gasteiger partial charge in [-0.1, -0.05) is 6.07 Å². The summed E-state index contributed by atoms with van der Waals surface area (Å²) in [4.78, 5) is 0. The summed E-state index contributed by atoms with van der Waals surface area (Å²) in [5, 5.41) is 10.5. The van der Waals surface area contributed by atoms with Gasteiger partial charge in [0, 0.05) is 19.1 Å². The molecule has 1 aromatic rings. The summed E-state index contributed by atoms with van der Waals surface area (Å²) in [6, 6.07) is 5.32. The number of halogens is 2. The molecular formula is C6H7Cl2CoNO. The van der Waals surface area contributed by atoms with Crippen LogP contribution in [0.4, 0.5) is 0 Å². The first-order valence-corrected chi connectivity index (χ1v) is 5.57. The Morgan fingerprint density at radius 2 is 2.00 bits per heavy atom. The van der Waals surface area contributed by atoms with E-state index in [1.807, 2.05) is 6.07 Å². The molecule has 1 rings (SSSR count). The Labute approximate surface area is 80.2 Å². The second-order valence-corrected chi connectivity index (χ2v) is 3.43. The van der Waals surface area contributed by atoms with E-state index in [0.717, 1.165) is 10.4 Å². The van der Waals surface area contributed by atoms with Gasteiger partial charge in [-0.05, 0) is 0 Å². The van der Waals surface area contributed by atoms with Crippen molar-refractivity contribution in [2.45, 2.75) is 6.92 Å². The van der Waals surface area contributed by atoms with Crippen LogP contribution in [0.2, 0.25) is 0 Å². The summed E-state index contributed by atoms with van der Waals surface area (Å²) < 4.78 is 0.833. The van der Waals surface area contributed by atoms with Gasteiger partial charge in [0.1, 0.15) is 0 Å². The number of nitrogens with zero attached hydrogens (tertiary/aromatic N) is 1. The Kier molecular flexibility index (Phi) is 6.75. The maximum absolute atomic E-state index is 10.5. The van der Waals surface area contributed by atoms with Crippen LogP contribution in [0.25, 0.3) is 0 Å². The van der Waals surface area contributed by atoms with Gasteiger partial charge in [0.15, 0.2) is 11.9 Å². The summed E-state index contributed by atoms with van der Waals surface area (Å²) in [6.07, 6.45) is 1.48. The minimum atomic E-state index is 0.382. The van der Waals surface area contributed by atoms with E-state index < -0.39 is 0 Å². The molecule has 0 saturated carbocycles. The van der Waals surface area contributed by atoms with Crippen molar-refractivity contribution < 1.29 is 17.6 Å². The summed E-state index contributed by atoms with van der Waals surface area (Å²) in [7, 11) is 9.47. The van der Waals surface area contributed by atoms with Crippen LogP contribution in [-0.4, -0.2) is 0 Å². The number of hydrogen-bond donors (Lipinski definition) is 0. The molecule has 5 heteroatoms. The van der Waals surface area contributed by atoms with Gasteiger partial charge in [0.05, 0.1) is 0 Å². The van der Waals surface area contributed by atoms with Gasteiger partial charge in [0.2, 0.25) is 0 Å². The van der Waals surface area contributed by atoms with Crippen molar-refractivity contribution in [2.75, 3.05) is 0 Å². The number of hydrogen-bond acceptors (Lipinski definition) is 1. The molecule has 0 amide bonds. The van der Waals surface area contributed by atoms with Crippen molar-refractivity contribution in [2.24, 2.45) is 0 Å². The quantitative estimate of drug-likeness (QED) is 0.502. The van der Waals surface area contributed by atoms with Crippen LogP contribution in [-0.2, 0) is 12.9 Å². The van der Waals surface area contributed by atoms with Crippen LogP contribution in [0.3, 0.4) is 0 Å². The molecule has 0 unspecified atom stereocenters. The van der Waals surface area contributed by atoms with E-state index in [4.69, 9.17) is 20.3 Å². The number of rotatable bonds is 0. The van der Waals surface area contributed by atoms with E-state index in [-0.39, 0.29) is 0 Å². The van der Waals surface area contributed by atoms with Gasteiger partial charge in [0.25, 0.3) is 0 Å². The minimum absolute atomic E-state index is 0.382. The van der Waals surface area contributed by atoms with Crippen LogP contribution in [0.15, 0.2) is 24.4 Å².